The molecule has 1 amide bonds. The molecule has 0 saturated carbocycles. The summed E-state index contributed by atoms with van der Waals surface area (Å²) in [6, 6.07) is 0. The van der Waals surface area contributed by atoms with Gasteiger partial charge in [0.05, 0.1) is 0 Å². The molecular weight excluding hydrogens is 570 g/mol. The van der Waals surface area contributed by atoms with E-state index in [4.69, 9.17) is 10.0 Å². The number of nitrogens with zero attached hydrogens (tertiary/aromatic N) is 2. The fourth-order valence-electron chi connectivity index (χ4n) is 0.133. The van der Waals surface area contributed by atoms with E-state index in [-0.39, 0.29) is 42.1 Å². The summed E-state index contributed by atoms with van der Waals surface area (Å²) < 4.78 is 0. The van der Waals surface area contributed by atoms with Crippen LogP contribution < -0.4 is 5.32 Å². The first kappa shape index (κ1) is 29.9. The van der Waals surface area contributed by atoms with Gasteiger partial charge in [-0.1, -0.05) is 0 Å². The Morgan fingerprint density at radius 1 is 1.41 bits per heavy atom. The van der Waals surface area contributed by atoms with Crippen LogP contribution in [-0.2, 0) is 51.8 Å². The van der Waals surface area contributed by atoms with E-state index in [0.29, 0.717) is 0 Å². The van der Waals surface area contributed by atoms with Gasteiger partial charge in [-0.25, -0.2) is 9.59 Å². The zero-order valence-electron chi connectivity index (χ0n) is 9.59. The van der Waals surface area contributed by atoms with Crippen molar-refractivity contribution >= 4 is 24.5 Å². The fourth-order valence-corrected chi connectivity index (χ4v) is 0.133. The van der Waals surface area contributed by atoms with E-state index in [1.807, 2.05) is 0 Å². The maximum absolute atomic E-state index is 10.1. The predicted molar refractivity (Wildman–Crippen MR) is 54.9 cm³/mol. The number of hydrogen-bond acceptors (Lipinski definition) is 6. The molecule has 0 aromatic rings. The van der Waals surface area contributed by atoms with Crippen LogP contribution in [0.15, 0.2) is 16.9 Å². The summed E-state index contributed by atoms with van der Waals surface area (Å²) in [7, 11) is 1.45. The first-order valence-corrected chi connectivity index (χ1v) is 3.55. The normalized spacial score (nSPS) is 7.00. The topological polar surface area (TPSA) is 100 Å². The van der Waals surface area contributed by atoms with Gasteiger partial charge in [-0.2, -0.15) is 13.8 Å². The molecule has 2 N–H and O–H groups in total. The minimum atomic E-state index is -0.584. The molecule has 9 heteroatoms. The molecule has 0 aliphatic carbocycles. The van der Waals surface area contributed by atoms with Gasteiger partial charge in [0.1, 0.15) is 5.94 Å². The second-order valence-corrected chi connectivity index (χ2v) is 1.41. The summed E-state index contributed by atoms with van der Waals surface area (Å²) in [5.41, 5.74) is 0. The van der Waals surface area contributed by atoms with Crippen molar-refractivity contribution in [2.45, 2.75) is 13.8 Å². The van der Waals surface area contributed by atoms with Crippen LogP contribution in [0.2, 0.25) is 0 Å². The summed E-state index contributed by atoms with van der Waals surface area (Å²) in [5.74, 6) is 1.25. The maximum Gasteiger partial charge on any atom is 0.430 e. The molecule has 0 unspecified atom stereocenters. The van der Waals surface area contributed by atoms with Gasteiger partial charge in [-0.3, -0.25) is 5.16 Å². The van der Waals surface area contributed by atoms with Crippen LogP contribution in [0.1, 0.15) is 13.8 Å². The number of carbonyl (C=O) groups excluding carboxylic acids is 2. The van der Waals surface area contributed by atoms with Crippen molar-refractivity contribution in [3.8, 4) is 0 Å². The monoisotopic (exact) mass is 583 g/mol. The molecule has 0 rings (SSSR count). The van der Waals surface area contributed by atoms with Gasteiger partial charge in [0, 0.05) is 49.2 Å². The molecule has 0 aliphatic heterocycles. The molecule has 0 radical (unpaired) electrons. The molecule has 0 bridgehead atoms. The van der Waals surface area contributed by atoms with Gasteiger partial charge in [-0.05, 0) is 6.58 Å². The summed E-state index contributed by atoms with van der Waals surface area (Å²) in [6.07, 6.45) is 3.80. The average molecular weight is 583 g/mol. The number of rotatable bonds is 1. The molecule has 0 saturated heterocycles. The molecule has 98 valence electrons. The predicted octanol–water partition coefficient (Wildman–Crippen LogP) is 0.567. The molecule has 0 heterocycles. The second kappa shape index (κ2) is 36.2. The van der Waals surface area contributed by atoms with Crippen molar-refractivity contribution in [1.82, 2.24) is 5.32 Å². The number of amides is 1. The number of carbonyl (C=O) groups is 1. The summed E-state index contributed by atoms with van der Waals surface area (Å²) in [5, 5.41) is 15.2. The van der Waals surface area contributed by atoms with Gasteiger partial charge >= 0.3 is 6.09 Å². The standard InChI is InChI=1S/C4H7N2O2.C2H4NO.C2H2O.2W/c1-3-6-8-4(7)5-2;1-2-3-4;1-2-3;;/h1-2H3,(H,5,7);4H,1H3;1H2;;/q2*-1;;;. The Morgan fingerprint density at radius 2 is 1.76 bits per heavy atom. The van der Waals surface area contributed by atoms with Crippen LogP contribution in [0.5, 0.6) is 0 Å². The van der Waals surface area contributed by atoms with Crippen molar-refractivity contribution in [3.63, 3.8) is 0 Å². The van der Waals surface area contributed by atoms with Crippen molar-refractivity contribution in [3.05, 3.63) is 6.58 Å². The van der Waals surface area contributed by atoms with E-state index in [9.17, 15) is 4.79 Å². The van der Waals surface area contributed by atoms with E-state index < -0.39 is 6.09 Å². The quantitative estimate of drug-likeness (QED) is 0.118. The summed E-state index contributed by atoms with van der Waals surface area (Å²) in [4.78, 5) is 22.8. The van der Waals surface area contributed by atoms with Crippen molar-refractivity contribution in [2.24, 2.45) is 10.3 Å². The van der Waals surface area contributed by atoms with E-state index in [0.717, 1.165) is 0 Å². The fraction of sp³-hybridized carbons (Fsp3) is 0.375. The van der Waals surface area contributed by atoms with Gasteiger partial charge < -0.3 is 32.9 Å². The first-order valence-electron chi connectivity index (χ1n) is 3.55. The minimum Gasteiger partial charge on any atom is -0.447 e. The van der Waals surface area contributed by atoms with Crippen LogP contribution in [0, 0.1) is 0 Å². The van der Waals surface area contributed by atoms with Gasteiger partial charge in [0.15, 0.2) is 0 Å². The Kier molecular flexibility index (Phi) is 63.6. The Morgan fingerprint density at radius 3 is 1.94 bits per heavy atom. The smallest absolute Gasteiger partial charge is 0.430 e. The van der Waals surface area contributed by atoms with Crippen LogP contribution >= 0.6 is 0 Å². The Hall–Kier alpha value is -0.763. The zero-order chi connectivity index (χ0) is 12.5. The van der Waals surface area contributed by atoms with Crippen LogP contribution in [0.4, 0.5) is 4.79 Å². The van der Waals surface area contributed by atoms with Gasteiger partial charge in [0.2, 0.25) is 0 Å². The summed E-state index contributed by atoms with van der Waals surface area (Å²) >= 11 is 0. The Bertz CT molecular complexity index is 225. The molecule has 0 atom stereocenters. The van der Waals surface area contributed by atoms with E-state index in [2.05, 4.69) is 39.5 Å². The third kappa shape index (κ3) is 68.6. The molecule has 0 aliphatic rings. The first-order chi connectivity index (χ1) is 7.14. The minimum absolute atomic E-state index is 0. The average Bonchev–Trinajstić information content (AvgIpc) is 2.27. The third-order valence-corrected chi connectivity index (χ3v) is 0.524. The molecule has 7 nitrogen and oxygen atoms in total. The number of nitrogens with one attached hydrogen (secondary N) is 1. The van der Waals surface area contributed by atoms with E-state index >= 15 is 0 Å². The largest absolute Gasteiger partial charge is 0.447 e. The van der Waals surface area contributed by atoms with E-state index in [1.165, 1.54) is 26.8 Å². The maximum atomic E-state index is 10.1. The van der Waals surface area contributed by atoms with Crippen LogP contribution in [0.25, 0.3) is 0 Å². The molecular formula is C8H13N3O4W2-2. The SMILES string of the molecule is C=C=O.C[C-]=NO.C[C-]=NOC(=O)NC.[W].[W]. The Balaban J connectivity index is -0.0000000461. The molecule has 17 heavy (non-hydrogen) atoms. The van der Waals surface area contributed by atoms with Crippen molar-refractivity contribution < 1.29 is 61.8 Å². The van der Waals surface area contributed by atoms with Crippen LogP contribution in [-0.4, -0.2) is 36.7 Å². The molecule has 0 aromatic heterocycles. The molecule has 0 fully saturated rings. The summed E-state index contributed by atoms with van der Waals surface area (Å²) in [6.45, 7) is 5.73. The van der Waals surface area contributed by atoms with Crippen molar-refractivity contribution in [1.29, 1.82) is 0 Å². The van der Waals surface area contributed by atoms with Crippen molar-refractivity contribution in [2.75, 3.05) is 7.05 Å². The second-order valence-electron chi connectivity index (χ2n) is 1.41. The molecule has 0 aromatic carbocycles. The van der Waals surface area contributed by atoms with E-state index in [1.54, 1.807) is 0 Å². The number of hydrogen-bond donors (Lipinski definition) is 2. The van der Waals surface area contributed by atoms with Gasteiger partial charge in [-0.15, -0.1) is 0 Å². The zero-order valence-corrected chi connectivity index (χ0v) is 15.5. The Labute approximate surface area is 129 Å². The van der Waals surface area contributed by atoms with Crippen LogP contribution in [0.3, 0.4) is 0 Å². The van der Waals surface area contributed by atoms with Gasteiger partial charge in [0.25, 0.3) is 0 Å². The third-order valence-electron chi connectivity index (χ3n) is 0.524. The molecule has 0 spiro atoms.